The van der Waals surface area contributed by atoms with Gasteiger partial charge in [-0.1, -0.05) is 41.6 Å². The lowest BCUT2D eigenvalue weighted by molar-refractivity contribution is -0.211. The van der Waals surface area contributed by atoms with Gasteiger partial charge in [-0.15, -0.1) is 0 Å². The summed E-state index contributed by atoms with van der Waals surface area (Å²) in [4.78, 5) is 13.3. The first-order chi connectivity index (χ1) is 17.1. The number of aromatic nitrogens is 2. The Bertz CT molecular complexity index is 1810. The monoisotopic (exact) mass is 466 g/mol. The Labute approximate surface area is 199 Å². The third kappa shape index (κ3) is 2.04. The number of carbonyl (C=O) groups is 1. The number of oxime groups is 1. The van der Waals surface area contributed by atoms with Crippen molar-refractivity contribution in [1.82, 2.24) is 14.5 Å². The Morgan fingerprint density at radius 2 is 1.80 bits per heavy atom. The normalized spacial score (nSPS) is 26.3. The molecule has 2 aromatic heterocycles. The van der Waals surface area contributed by atoms with E-state index in [0.717, 1.165) is 54.7 Å². The average molecular weight is 466 g/mol. The van der Waals surface area contributed by atoms with Crippen molar-refractivity contribution in [2.45, 2.75) is 37.9 Å². The van der Waals surface area contributed by atoms with E-state index in [1.54, 1.807) is 7.11 Å². The molecule has 2 bridgehead atoms. The van der Waals surface area contributed by atoms with Gasteiger partial charge in [0.1, 0.15) is 12.3 Å². The maximum atomic E-state index is 13.3. The summed E-state index contributed by atoms with van der Waals surface area (Å²) < 4.78 is 17.3. The van der Waals surface area contributed by atoms with Gasteiger partial charge in [0, 0.05) is 41.6 Å². The summed E-state index contributed by atoms with van der Waals surface area (Å²) >= 11 is 0. The SMILES string of the molecule is COC1C(=NO)CC2OC1(C)n1c3ccccc3c3c4c(c5c6ccccc6n2c5c31)C(=O)NC4. The van der Waals surface area contributed by atoms with Crippen LogP contribution in [-0.4, -0.2) is 39.2 Å². The summed E-state index contributed by atoms with van der Waals surface area (Å²) in [6.07, 6.45) is -0.669. The number of rotatable bonds is 1. The van der Waals surface area contributed by atoms with Crippen LogP contribution in [0.5, 0.6) is 0 Å². The number of fused-ring (bicyclic) bond motifs is 13. The van der Waals surface area contributed by atoms with E-state index >= 15 is 0 Å². The second kappa shape index (κ2) is 6.21. The van der Waals surface area contributed by atoms with Gasteiger partial charge in [0.2, 0.25) is 0 Å². The van der Waals surface area contributed by atoms with E-state index in [1.807, 2.05) is 31.2 Å². The van der Waals surface area contributed by atoms with Crippen LogP contribution in [0.25, 0.3) is 43.6 Å². The molecule has 0 spiro atoms. The van der Waals surface area contributed by atoms with Gasteiger partial charge < -0.3 is 29.1 Å². The van der Waals surface area contributed by atoms with Crippen LogP contribution in [0.3, 0.4) is 0 Å². The lowest BCUT2D eigenvalue weighted by Gasteiger charge is -2.44. The molecule has 5 heterocycles. The molecule has 5 aromatic rings. The van der Waals surface area contributed by atoms with Crippen LogP contribution < -0.4 is 5.32 Å². The molecule has 3 aliphatic heterocycles. The molecule has 8 heteroatoms. The minimum absolute atomic E-state index is 0.0478. The number of para-hydroxylation sites is 2. The maximum absolute atomic E-state index is 13.3. The molecule has 3 aromatic carbocycles. The highest BCUT2D eigenvalue weighted by Gasteiger charge is 2.52. The van der Waals surface area contributed by atoms with E-state index in [0.29, 0.717) is 18.7 Å². The molecule has 1 saturated heterocycles. The summed E-state index contributed by atoms with van der Waals surface area (Å²) in [6.45, 7) is 2.48. The number of ether oxygens (including phenoxy) is 2. The summed E-state index contributed by atoms with van der Waals surface area (Å²) in [5.41, 5.74) is 5.24. The molecule has 8 nitrogen and oxygen atoms in total. The molecule has 174 valence electrons. The zero-order chi connectivity index (χ0) is 23.6. The number of benzene rings is 3. The van der Waals surface area contributed by atoms with E-state index in [9.17, 15) is 10.0 Å². The van der Waals surface area contributed by atoms with Crippen molar-refractivity contribution in [1.29, 1.82) is 0 Å². The average Bonchev–Trinajstić information content (AvgIpc) is 3.51. The van der Waals surface area contributed by atoms with E-state index < -0.39 is 18.1 Å². The number of amides is 1. The first-order valence-electron chi connectivity index (χ1n) is 11.8. The minimum Gasteiger partial charge on any atom is -0.411 e. The number of nitrogens with one attached hydrogen (secondary N) is 1. The highest BCUT2D eigenvalue weighted by atomic mass is 16.6. The zero-order valence-corrected chi connectivity index (χ0v) is 19.2. The van der Waals surface area contributed by atoms with Crippen molar-refractivity contribution < 1.29 is 19.5 Å². The summed E-state index contributed by atoms with van der Waals surface area (Å²) in [7, 11) is 1.62. The number of methoxy groups -OCH3 is 1. The van der Waals surface area contributed by atoms with Crippen LogP contribution in [0.1, 0.15) is 35.5 Å². The Morgan fingerprint density at radius 1 is 1.09 bits per heavy atom. The lowest BCUT2D eigenvalue weighted by atomic mass is 9.95. The van der Waals surface area contributed by atoms with Gasteiger partial charge in [-0.05, 0) is 24.6 Å². The topological polar surface area (TPSA) is 90.0 Å². The number of carbonyl (C=O) groups excluding carboxylic acids is 1. The summed E-state index contributed by atoms with van der Waals surface area (Å²) in [5, 5.41) is 20.9. The van der Waals surface area contributed by atoms with E-state index in [-0.39, 0.29) is 5.91 Å². The highest BCUT2D eigenvalue weighted by molar-refractivity contribution is 6.31. The second-order valence-corrected chi connectivity index (χ2v) is 9.76. The summed E-state index contributed by atoms with van der Waals surface area (Å²) in [5.74, 6) is -0.0478. The third-order valence-corrected chi connectivity index (χ3v) is 8.16. The summed E-state index contributed by atoms with van der Waals surface area (Å²) in [6, 6.07) is 16.4. The lowest BCUT2D eigenvalue weighted by Crippen LogP contribution is -2.54. The van der Waals surface area contributed by atoms with Crippen LogP contribution in [-0.2, 0) is 21.7 Å². The fraction of sp³-hybridized carbons (Fsp3) is 0.259. The van der Waals surface area contributed by atoms with Crippen molar-refractivity contribution in [2.75, 3.05) is 7.11 Å². The molecule has 1 fully saturated rings. The molecular weight excluding hydrogens is 444 g/mol. The first-order valence-corrected chi connectivity index (χ1v) is 11.8. The second-order valence-electron chi connectivity index (χ2n) is 9.76. The van der Waals surface area contributed by atoms with Crippen molar-refractivity contribution >= 4 is 55.2 Å². The van der Waals surface area contributed by atoms with Crippen molar-refractivity contribution in [3.05, 3.63) is 59.7 Å². The smallest absolute Gasteiger partial charge is 0.252 e. The number of hydrogen-bond donors (Lipinski definition) is 2. The van der Waals surface area contributed by atoms with Gasteiger partial charge in [0.15, 0.2) is 5.72 Å². The molecule has 3 aliphatic rings. The van der Waals surface area contributed by atoms with Crippen LogP contribution in [0.15, 0.2) is 53.7 Å². The molecule has 0 aliphatic carbocycles. The van der Waals surface area contributed by atoms with Crippen LogP contribution in [0, 0.1) is 0 Å². The fourth-order valence-corrected chi connectivity index (χ4v) is 6.98. The fourth-order valence-electron chi connectivity index (χ4n) is 6.98. The van der Waals surface area contributed by atoms with E-state index in [1.165, 1.54) is 0 Å². The van der Waals surface area contributed by atoms with Gasteiger partial charge in [-0.2, -0.15) is 0 Å². The van der Waals surface area contributed by atoms with E-state index in [4.69, 9.17) is 9.47 Å². The van der Waals surface area contributed by atoms with E-state index in [2.05, 4.69) is 43.9 Å². The standard InChI is InChI=1S/C27H22N4O4/c1-27-25(34-2)16(29-33)11-19(35-27)30-17-9-5-3-7-13(17)21-22-15(12-28-26(22)32)20-14-8-4-6-10-18(14)31(27)24(20)23(21)30/h3-10,19,25,33H,11-12H2,1-2H3,(H,28,32). The van der Waals surface area contributed by atoms with Crippen LogP contribution in [0.4, 0.5) is 0 Å². The van der Waals surface area contributed by atoms with Crippen molar-refractivity contribution in [3.63, 3.8) is 0 Å². The predicted octanol–water partition coefficient (Wildman–Crippen LogP) is 4.60. The van der Waals surface area contributed by atoms with Crippen LogP contribution in [0.2, 0.25) is 0 Å². The molecule has 3 atom stereocenters. The number of hydrogen-bond acceptors (Lipinski definition) is 5. The van der Waals surface area contributed by atoms with Gasteiger partial charge in [0.25, 0.3) is 5.91 Å². The minimum atomic E-state index is -0.988. The maximum Gasteiger partial charge on any atom is 0.252 e. The van der Waals surface area contributed by atoms with Gasteiger partial charge in [-0.3, -0.25) is 4.79 Å². The molecule has 35 heavy (non-hydrogen) atoms. The van der Waals surface area contributed by atoms with Crippen molar-refractivity contribution in [3.8, 4) is 0 Å². The van der Waals surface area contributed by atoms with Gasteiger partial charge >= 0.3 is 0 Å². The Hall–Kier alpha value is -3.88. The van der Waals surface area contributed by atoms with Crippen molar-refractivity contribution in [2.24, 2.45) is 5.16 Å². The zero-order valence-electron chi connectivity index (χ0n) is 19.2. The van der Waals surface area contributed by atoms with Gasteiger partial charge in [0.05, 0.1) is 33.3 Å². The molecule has 1 amide bonds. The Morgan fingerprint density at radius 3 is 2.54 bits per heavy atom. The first kappa shape index (κ1) is 19.4. The van der Waals surface area contributed by atoms with Crippen LogP contribution >= 0.6 is 0 Å². The quantitative estimate of drug-likeness (QED) is 0.279. The Balaban J connectivity index is 1.74. The molecule has 2 N–H and O–H groups in total. The predicted molar refractivity (Wildman–Crippen MR) is 132 cm³/mol. The van der Waals surface area contributed by atoms with Gasteiger partial charge in [-0.25, -0.2) is 0 Å². The third-order valence-electron chi connectivity index (χ3n) is 8.16. The molecule has 0 radical (unpaired) electrons. The molecule has 3 unspecified atom stereocenters. The molecule has 0 saturated carbocycles. The highest BCUT2D eigenvalue weighted by Crippen LogP contribution is 2.53. The molecular formula is C27H22N4O4. The largest absolute Gasteiger partial charge is 0.411 e. The number of nitrogens with zero attached hydrogens (tertiary/aromatic N) is 3. The molecule has 8 rings (SSSR count). The Kier molecular flexibility index (Phi) is 3.45.